The average molecular weight is 394 g/mol. The molecule has 0 atom stereocenters. The zero-order chi connectivity index (χ0) is 20.4. The number of halogens is 2. The quantitative estimate of drug-likeness (QED) is 0.444. The minimum Gasteiger partial charge on any atom is -0.267 e. The smallest absolute Gasteiger partial charge is 0.267 e. The molecule has 2 aromatic carbocycles. The van der Waals surface area contributed by atoms with Gasteiger partial charge in [-0.15, -0.1) is 4.53 Å². The van der Waals surface area contributed by atoms with Gasteiger partial charge in [-0.05, 0) is 39.0 Å². The molecule has 0 unspecified atom stereocenters. The molecule has 0 aliphatic heterocycles. The number of amides is 2. The number of nitro groups is 1. The maximum absolute atomic E-state index is 14.1. The van der Waals surface area contributed by atoms with Gasteiger partial charge >= 0.3 is 0 Å². The molecule has 0 saturated carbocycles. The molecular formula is C18H17ClFN3O4. The van der Waals surface area contributed by atoms with Crippen molar-refractivity contribution in [2.75, 3.05) is 0 Å². The lowest BCUT2D eigenvalue weighted by Gasteiger charge is -2.39. The maximum atomic E-state index is 14.1. The highest BCUT2D eigenvalue weighted by Crippen LogP contribution is 2.27. The average Bonchev–Trinajstić information content (AvgIpc) is 2.60. The highest BCUT2D eigenvalue weighted by atomic mass is 35.5. The Bertz CT molecular complexity index is 898. The van der Waals surface area contributed by atoms with Crippen molar-refractivity contribution in [1.82, 2.24) is 9.54 Å². The van der Waals surface area contributed by atoms with Crippen LogP contribution in [0.4, 0.5) is 10.1 Å². The predicted molar refractivity (Wildman–Crippen MR) is 97.4 cm³/mol. The monoisotopic (exact) mass is 393 g/mol. The zero-order valence-electron chi connectivity index (χ0n) is 14.8. The molecule has 0 spiro atoms. The van der Waals surface area contributed by atoms with Gasteiger partial charge in [0.15, 0.2) is 0 Å². The Hall–Kier alpha value is -3.00. The molecule has 0 aliphatic rings. The summed E-state index contributed by atoms with van der Waals surface area (Å²) in [6.07, 6.45) is 0. The summed E-state index contributed by atoms with van der Waals surface area (Å²) in [6.45, 7) is 4.77. The first-order valence-corrected chi connectivity index (χ1v) is 8.22. The summed E-state index contributed by atoms with van der Waals surface area (Å²) in [4.78, 5) is 36.1. The summed E-state index contributed by atoms with van der Waals surface area (Å²) in [5.74, 6) is -2.62. The first kappa shape index (κ1) is 20.3. The number of nitrogens with zero attached hydrogens (tertiary/aromatic N) is 3. The second-order valence-corrected chi connectivity index (χ2v) is 6.93. The summed E-state index contributed by atoms with van der Waals surface area (Å²) in [7, 11) is 0. The van der Waals surface area contributed by atoms with Crippen molar-refractivity contribution in [3.8, 4) is 0 Å². The van der Waals surface area contributed by atoms with E-state index in [0.717, 1.165) is 17.1 Å². The van der Waals surface area contributed by atoms with Gasteiger partial charge in [-0.3, -0.25) is 19.7 Å². The molecule has 0 aliphatic carbocycles. The zero-order valence-corrected chi connectivity index (χ0v) is 15.6. The molecule has 27 heavy (non-hydrogen) atoms. The van der Waals surface area contributed by atoms with Crippen LogP contribution in [0.2, 0.25) is 0 Å². The highest BCUT2D eigenvalue weighted by Gasteiger charge is 2.38. The largest absolute Gasteiger partial charge is 0.294 e. The Balaban J connectivity index is 2.49. The van der Waals surface area contributed by atoms with E-state index in [2.05, 4.69) is 0 Å². The summed E-state index contributed by atoms with van der Waals surface area (Å²) >= 11 is 6.13. The molecule has 9 heteroatoms. The number of rotatable bonds is 3. The standard InChI is InChI=1S/C18H17ClFN3O4/c1-18(2,3)21(16(24)12-8-4-6-10-14(12)20)22(19)17(25)13-9-5-7-11-15(13)23(26)27/h4-11H,1-3H3. The summed E-state index contributed by atoms with van der Waals surface area (Å²) in [5, 5.41) is 12.0. The fraction of sp³-hybridized carbons (Fsp3) is 0.222. The molecule has 0 heterocycles. The van der Waals surface area contributed by atoms with E-state index in [-0.39, 0.29) is 11.1 Å². The van der Waals surface area contributed by atoms with E-state index in [4.69, 9.17) is 11.8 Å². The molecule has 2 aromatic rings. The molecule has 7 nitrogen and oxygen atoms in total. The summed E-state index contributed by atoms with van der Waals surface area (Å²) in [5.41, 5.74) is -2.07. The van der Waals surface area contributed by atoms with Crippen molar-refractivity contribution >= 4 is 29.3 Å². The van der Waals surface area contributed by atoms with Gasteiger partial charge < -0.3 is 0 Å². The number of carbonyl (C=O) groups is 2. The summed E-state index contributed by atoms with van der Waals surface area (Å²) in [6, 6.07) is 10.5. The van der Waals surface area contributed by atoms with Gasteiger partial charge in [0.1, 0.15) is 11.4 Å². The van der Waals surface area contributed by atoms with Gasteiger partial charge in [-0.1, -0.05) is 24.3 Å². The second-order valence-electron chi connectivity index (χ2n) is 6.61. The Labute approximate surface area is 160 Å². The van der Waals surface area contributed by atoms with E-state index >= 15 is 0 Å². The van der Waals surface area contributed by atoms with E-state index in [9.17, 15) is 24.1 Å². The minimum atomic E-state index is -1.03. The van der Waals surface area contributed by atoms with Crippen LogP contribution in [0, 0.1) is 15.9 Å². The van der Waals surface area contributed by atoms with Crippen molar-refractivity contribution < 1.29 is 18.9 Å². The van der Waals surface area contributed by atoms with Crippen molar-refractivity contribution in [3.05, 3.63) is 75.6 Å². The van der Waals surface area contributed by atoms with E-state index in [1.807, 2.05) is 0 Å². The molecule has 142 valence electrons. The Morgan fingerprint density at radius 3 is 2.04 bits per heavy atom. The lowest BCUT2D eigenvalue weighted by molar-refractivity contribution is -0.385. The molecule has 0 aromatic heterocycles. The van der Waals surface area contributed by atoms with Crippen LogP contribution in [0.5, 0.6) is 0 Å². The van der Waals surface area contributed by atoms with Crippen LogP contribution in [0.15, 0.2) is 48.5 Å². The molecule has 0 radical (unpaired) electrons. The maximum Gasteiger partial charge on any atom is 0.294 e. The number of benzene rings is 2. The highest BCUT2D eigenvalue weighted by molar-refractivity contribution is 6.25. The normalized spacial score (nSPS) is 11.0. The first-order valence-electron chi connectivity index (χ1n) is 7.88. The van der Waals surface area contributed by atoms with Gasteiger partial charge in [0.2, 0.25) is 0 Å². The molecule has 0 saturated heterocycles. The number of hydrogen-bond acceptors (Lipinski definition) is 4. The van der Waals surface area contributed by atoms with Gasteiger partial charge in [0.25, 0.3) is 17.5 Å². The number of para-hydroxylation sites is 1. The van der Waals surface area contributed by atoms with E-state index in [1.165, 1.54) is 36.4 Å². The Kier molecular flexibility index (Phi) is 5.80. The van der Waals surface area contributed by atoms with E-state index in [1.54, 1.807) is 20.8 Å². The molecule has 0 bridgehead atoms. The van der Waals surface area contributed by atoms with Crippen LogP contribution >= 0.6 is 11.8 Å². The minimum absolute atomic E-state index is 0.284. The van der Waals surface area contributed by atoms with Gasteiger partial charge in [0, 0.05) is 17.8 Å². The summed E-state index contributed by atoms with van der Waals surface area (Å²) < 4.78 is 14.5. The van der Waals surface area contributed by atoms with Crippen molar-refractivity contribution in [3.63, 3.8) is 0 Å². The lowest BCUT2D eigenvalue weighted by Crippen LogP contribution is -2.54. The van der Waals surface area contributed by atoms with Crippen LogP contribution < -0.4 is 0 Å². The molecule has 2 rings (SSSR count). The number of carbonyl (C=O) groups excluding carboxylic acids is 2. The number of nitro benzene ring substituents is 1. The first-order chi connectivity index (χ1) is 12.6. The molecule has 0 N–H and O–H groups in total. The van der Waals surface area contributed by atoms with Crippen molar-refractivity contribution in [2.45, 2.75) is 26.3 Å². The fourth-order valence-corrected chi connectivity index (χ4v) is 2.79. The van der Waals surface area contributed by atoms with Crippen LogP contribution in [-0.4, -0.2) is 31.8 Å². The van der Waals surface area contributed by atoms with Crippen LogP contribution in [-0.2, 0) is 0 Å². The lowest BCUT2D eigenvalue weighted by atomic mass is 10.1. The van der Waals surface area contributed by atoms with Gasteiger partial charge in [-0.25, -0.2) is 9.40 Å². The second kappa shape index (κ2) is 7.71. The molecule has 0 fully saturated rings. The van der Waals surface area contributed by atoms with Gasteiger partial charge in [-0.2, -0.15) is 0 Å². The third kappa shape index (κ3) is 4.22. The van der Waals surface area contributed by atoms with Crippen molar-refractivity contribution in [1.29, 1.82) is 0 Å². The molecular weight excluding hydrogens is 377 g/mol. The Morgan fingerprint density at radius 2 is 1.52 bits per heavy atom. The van der Waals surface area contributed by atoms with Crippen LogP contribution in [0.1, 0.15) is 41.5 Å². The third-order valence-electron chi connectivity index (χ3n) is 3.61. The number of hydrazine groups is 1. The van der Waals surface area contributed by atoms with Gasteiger partial charge in [0.05, 0.1) is 16.0 Å². The topological polar surface area (TPSA) is 83.8 Å². The third-order valence-corrected chi connectivity index (χ3v) is 3.91. The van der Waals surface area contributed by atoms with E-state index in [0.29, 0.717) is 4.53 Å². The SMILES string of the molecule is CC(C)(C)N(C(=O)c1ccccc1F)N(Cl)C(=O)c1ccccc1[N+](=O)[O-]. The Morgan fingerprint density at radius 1 is 1.00 bits per heavy atom. The van der Waals surface area contributed by atoms with Crippen molar-refractivity contribution in [2.24, 2.45) is 0 Å². The van der Waals surface area contributed by atoms with E-state index < -0.39 is 33.8 Å². The molecule has 2 amide bonds. The number of hydrogen-bond donors (Lipinski definition) is 0. The van der Waals surface area contributed by atoms with Crippen LogP contribution in [0.3, 0.4) is 0 Å². The van der Waals surface area contributed by atoms with Crippen LogP contribution in [0.25, 0.3) is 0 Å². The predicted octanol–water partition coefficient (Wildman–Crippen LogP) is 4.19. The fourth-order valence-electron chi connectivity index (χ4n) is 2.40.